The summed E-state index contributed by atoms with van der Waals surface area (Å²) in [5.41, 5.74) is 5.62. The van der Waals surface area contributed by atoms with E-state index < -0.39 is 5.60 Å². The third-order valence-corrected chi connectivity index (χ3v) is 3.74. The summed E-state index contributed by atoms with van der Waals surface area (Å²) in [6.07, 6.45) is 3.42. The van der Waals surface area contributed by atoms with Crippen molar-refractivity contribution in [3.05, 3.63) is 0 Å². The number of methoxy groups -OCH3 is 1. The second-order valence-corrected chi connectivity index (χ2v) is 5.83. The molecule has 1 fully saturated rings. The second kappa shape index (κ2) is 4.40. The minimum absolute atomic E-state index is 0.0715. The van der Waals surface area contributed by atoms with E-state index in [0.717, 1.165) is 19.3 Å². The Morgan fingerprint density at radius 3 is 2.53 bits per heavy atom. The Morgan fingerprint density at radius 1 is 1.47 bits per heavy atom. The van der Waals surface area contributed by atoms with Gasteiger partial charge in [0.25, 0.3) is 0 Å². The first-order valence-corrected chi connectivity index (χ1v) is 5.80. The number of hydrogen-bond donors (Lipinski definition) is 2. The Hall–Kier alpha value is -0.120. The van der Waals surface area contributed by atoms with E-state index in [1.54, 1.807) is 7.11 Å². The molecule has 90 valence electrons. The molecule has 0 bridgehead atoms. The third-order valence-electron chi connectivity index (χ3n) is 3.74. The molecule has 3 heteroatoms. The lowest BCUT2D eigenvalue weighted by Gasteiger charge is -2.45. The average Bonchev–Trinajstić information content (AvgIpc) is 2.12. The summed E-state index contributed by atoms with van der Waals surface area (Å²) in [6, 6.07) is -0.126. The SMILES string of the molecule is COC(C)CC1(O)CCC(C)(C)CC1N. The van der Waals surface area contributed by atoms with Crippen molar-refractivity contribution in [2.45, 2.75) is 64.2 Å². The van der Waals surface area contributed by atoms with Gasteiger partial charge in [-0.25, -0.2) is 0 Å². The molecule has 0 spiro atoms. The van der Waals surface area contributed by atoms with Crippen molar-refractivity contribution in [1.29, 1.82) is 0 Å². The summed E-state index contributed by atoms with van der Waals surface area (Å²) in [5, 5.41) is 10.5. The van der Waals surface area contributed by atoms with Crippen LogP contribution in [-0.4, -0.2) is 30.0 Å². The molecule has 3 nitrogen and oxygen atoms in total. The average molecular weight is 215 g/mol. The quantitative estimate of drug-likeness (QED) is 0.753. The first-order chi connectivity index (χ1) is 6.79. The van der Waals surface area contributed by atoms with Crippen molar-refractivity contribution in [2.24, 2.45) is 11.1 Å². The summed E-state index contributed by atoms with van der Waals surface area (Å²) in [7, 11) is 1.67. The minimum atomic E-state index is -0.731. The molecule has 3 N–H and O–H groups in total. The number of ether oxygens (including phenoxy) is 1. The zero-order chi connectivity index (χ0) is 11.7. The number of aliphatic hydroxyl groups is 1. The van der Waals surface area contributed by atoms with Gasteiger partial charge in [0.15, 0.2) is 0 Å². The molecule has 0 aromatic rings. The van der Waals surface area contributed by atoms with Crippen LogP contribution in [0.1, 0.15) is 46.5 Å². The molecule has 0 radical (unpaired) electrons. The third kappa shape index (κ3) is 3.16. The Balaban J connectivity index is 2.62. The fourth-order valence-corrected chi connectivity index (χ4v) is 2.46. The van der Waals surface area contributed by atoms with Crippen molar-refractivity contribution in [3.63, 3.8) is 0 Å². The molecule has 0 aliphatic heterocycles. The Bertz CT molecular complexity index is 218. The van der Waals surface area contributed by atoms with Crippen LogP contribution in [0.15, 0.2) is 0 Å². The topological polar surface area (TPSA) is 55.5 Å². The number of rotatable bonds is 3. The molecule has 0 saturated heterocycles. The van der Waals surface area contributed by atoms with Gasteiger partial charge in [-0.1, -0.05) is 13.8 Å². The van der Waals surface area contributed by atoms with Crippen LogP contribution in [0.3, 0.4) is 0 Å². The van der Waals surface area contributed by atoms with Gasteiger partial charge in [-0.15, -0.1) is 0 Å². The maximum atomic E-state index is 10.5. The van der Waals surface area contributed by atoms with Crippen LogP contribution >= 0.6 is 0 Å². The molecular formula is C12H25NO2. The van der Waals surface area contributed by atoms with Gasteiger partial charge in [-0.05, 0) is 31.6 Å². The molecule has 1 aliphatic rings. The molecule has 0 aromatic heterocycles. The number of hydrogen-bond acceptors (Lipinski definition) is 3. The summed E-state index contributed by atoms with van der Waals surface area (Å²) in [6.45, 7) is 6.41. The highest BCUT2D eigenvalue weighted by Crippen LogP contribution is 2.41. The van der Waals surface area contributed by atoms with Crippen LogP contribution in [0.4, 0.5) is 0 Å². The van der Waals surface area contributed by atoms with E-state index in [-0.39, 0.29) is 17.6 Å². The van der Waals surface area contributed by atoms with Crippen molar-refractivity contribution < 1.29 is 9.84 Å². The highest BCUT2D eigenvalue weighted by molar-refractivity contribution is 4.99. The van der Waals surface area contributed by atoms with Crippen molar-refractivity contribution in [2.75, 3.05) is 7.11 Å². The van der Waals surface area contributed by atoms with Crippen molar-refractivity contribution >= 4 is 0 Å². The Labute approximate surface area is 93.0 Å². The van der Waals surface area contributed by atoms with Crippen LogP contribution < -0.4 is 5.73 Å². The first-order valence-electron chi connectivity index (χ1n) is 5.80. The maximum Gasteiger partial charge on any atom is 0.0822 e. The van der Waals surface area contributed by atoms with Gasteiger partial charge in [0.2, 0.25) is 0 Å². The van der Waals surface area contributed by atoms with Gasteiger partial charge in [-0.3, -0.25) is 0 Å². The van der Waals surface area contributed by atoms with E-state index in [2.05, 4.69) is 13.8 Å². The van der Waals surface area contributed by atoms with Gasteiger partial charge in [-0.2, -0.15) is 0 Å². The fraction of sp³-hybridized carbons (Fsp3) is 1.00. The lowest BCUT2D eigenvalue weighted by molar-refractivity contribution is -0.0769. The lowest BCUT2D eigenvalue weighted by atomic mass is 9.67. The standard InChI is InChI=1S/C12H25NO2/c1-9(15-4)7-12(14)6-5-11(2,3)8-10(12)13/h9-10,14H,5-8,13H2,1-4H3. The van der Waals surface area contributed by atoms with E-state index in [1.165, 1.54) is 0 Å². The van der Waals surface area contributed by atoms with Crippen molar-refractivity contribution in [1.82, 2.24) is 0 Å². The Morgan fingerprint density at radius 2 is 2.07 bits per heavy atom. The molecule has 15 heavy (non-hydrogen) atoms. The van der Waals surface area contributed by atoms with Gasteiger partial charge in [0.05, 0.1) is 11.7 Å². The number of nitrogens with two attached hydrogens (primary N) is 1. The molecule has 0 amide bonds. The largest absolute Gasteiger partial charge is 0.388 e. The van der Waals surface area contributed by atoms with E-state index in [1.807, 2.05) is 6.92 Å². The molecule has 0 aromatic carbocycles. The zero-order valence-corrected chi connectivity index (χ0v) is 10.4. The van der Waals surface area contributed by atoms with Gasteiger partial charge in [0, 0.05) is 19.6 Å². The second-order valence-electron chi connectivity index (χ2n) is 5.83. The van der Waals surface area contributed by atoms with E-state index >= 15 is 0 Å². The normalized spacial score (nSPS) is 37.6. The molecule has 3 atom stereocenters. The fourth-order valence-electron chi connectivity index (χ4n) is 2.46. The van der Waals surface area contributed by atoms with Crippen molar-refractivity contribution in [3.8, 4) is 0 Å². The van der Waals surface area contributed by atoms with Crippen LogP contribution in [0.2, 0.25) is 0 Å². The van der Waals surface area contributed by atoms with Crippen LogP contribution in [-0.2, 0) is 4.74 Å². The molecular weight excluding hydrogens is 190 g/mol. The maximum absolute atomic E-state index is 10.5. The lowest BCUT2D eigenvalue weighted by Crippen LogP contribution is -2.55. The smallest absolute Gasteiger partial charge is 0.0822 e. The zero-order valence-electron chi connectivity index (χ0n) is 10.4. The highest BCUT2D eigenvalue weighted by atomic mass is 16.5. The molecule has 1 rings (SSSR count). The monoisotopic (exact) mass is 215 g/mol. The van der Waals surface area contributed by atoms with Gasteiger partial charge in [0.1, 0.15) is 0 Å². The van der Waals surface area contributed by atoms with Crippen LogP contribution in [0.25, 0.3) is 0 Å². The summed E-state index contributed by atoms with van der Waals surface area (Å²) < 4.78 is 5.20. The van der Waals surface area contributed by atoms with E-state index in [4.69, 9.17) is 10.5 Å². The predicted molar refractivity (Wildman–Crippen MR) is 61.6 cm³/mol. The summed E-state index contributed by atoms with van der Waals surface area (Å²) >= 11 is 0. The summed E-state index contributed by atoms with van der Waals surface area (Å²) in [5.74, 6) is 0. The first kappa shape index (κ1) is 12.9. The van der Waals surface area contributed by atoms with E-state index in [0.29, 0.717) is 6.42 Å². The highest BCUT2D eigenvalue weighted by Gasteiger charge is 2.43. The summed E-state index contributed by atoms with van der Waals surface area (Å²) in [4.78, 5) is 0. The van der Waals surface area contributed by atoms with Crippen LogP contribution in [0.5, 0.6) is 0 Å². The van der Waals surface area contributed by atoms with Crippen LogP contribution in [0, 0.1) is 5.41 Å². The minimum Gasteiger partial charge on any atom is -0.388 e. The predicted octanol–water partition coefficient (Wildman–Crippen LogP) is 1.68. The molecule has 0 heterocycles. The molecule has 1 aliphatic carbocycles. The molecule has 1 saturated carbocycles. The van der Waals surface area contributed by atoms with Gasteiger partial charge < -0.3 is 15.6 Å². The van der Waals surface area contributed by atoms with Gasteiger partial charge >= 0.3 is 0 Å². The Kier molecular flexibility index (Phi) is 3.80. The molecule has 3 unspecified atom stereocenters. The van der Waals surface area contributed by atoms with E-state index in [9.17, 15) is 5.11 Å².